The van der Waals surface area contributed by atoms with Crippen molar-refractivity contribution < 1.29 is 19.5 Å². The van der Waals surface area contributed by atoms with Crippen LogP contribution in [0.25, 0.3) is 0 Å². The molecule has 0 fully saturated rings. The van der Waals surface area contributed by atoms with Gasteiger partial charge in [-0.3, -0.25) is 14.4 Å². The Morgan fingerprint density at radius 1 is 1.00 bits per heavy atom. The number of amides is 1. The van der Waals surface area contributed by atoms with Crippen molar-refractivity contribution in [2.45, 2.75) is 46.5 Å². The zero-order chi connectivity index (χ0) is 15.5. The first-order valence-electron chi connectivity index (χ1n) is 6.64. The summed E-state index contributed by atoms with van der Waals surface area (Å²) in [6.45, 7) is 6.35. The summed E-state index contributed by atoms with van der Waals surface area (Å²) < 4.78 is 0. The second-order valence-corrected chi connectivity index (χ2v) is 4.90. The molecule has 0 radical (unpaired) electrons. The van der Waals surface area contributed by atoms with Crippen LogP contribution in [0.4, 0.5) is 0 Å². The summed E-state index contributed by atoms with van der Waals surface area (Å²) in [7, 11) is 0. The number of carboxylic acid groups (broad SMARTS) is 1. The monoisotopic (exact) mass is 281 g/mol. The molecule has 0 atom stereocenters. The van der Waals surface area contributed by atoms with Gasteiger partial charge in [-0.15, -0.1) is 0 Å². The van der Waals surface area contributed by atoms with Gasteiger partial charge in [0.25, 0.3) is 5.91 Å². The molecule has 5 heteroatoms. The lowest BCUT2D eigenvalue weighted by molar-refractivity contribution is -0.141. The summed E-state index contributed by atoms with van der Waals surface area (Å²) in [5, 5.41) is 10.9. The number of allylic oxidation sites excluding steroid dienone is 3. The number of rotatable bonds is 9. The number of Topliss-reactive ketones (excluding diaryl/α,β-unsaturated/α-hetero) is 1. The smallest absolute Gasteiger partial charge is 0.303 e. The van der Waals surface area contributed by atoms with Gasteiger partial charge in [0.1, 0.15) is 0 Å². The van der Waals surface area contributed by atoms with E-state index in [9.17, 15) is 14.4 Å². The highest BCUT2D eigenvalue weighted by atomic mass is 16.4. The molecule has 1 amide bonds. The highest BCUT2D eigenvalue weighted by molar-refractivity contribution is 6.36. The second-order valence-electron chi connectivity index (χ2n) is 4.90. The molecule has 0 aliphatic heterocycles. The fourth-order valence-electron chi connectivity index (χ4n) is 1.44. The predicted octanol–water partition coefficient (Wildman–Crippen LogP) is 2.23. The van der Waals surface area contributed by atoms with Gasteiger partial charge < -0.3 is 10.4 Å². The van der Waals surface area contributed by atoms with Gasteiger partial charge in [-0.2, -0.15) is 0 Å². The Labute approximate surface area is 119 Å². The van der Waals surface area contributed by atoms with Crippen LogP contribution in [-0.4, -0.2) is 29.3 Å². The quantitative estimate of drug-likeness (QED) is 0.501. The Balaban J connectivity index is 3.97. The number of nitrogens with one attached hydrogen (secondary N) is 1. The van der Waals surface area contributed by atoms with Gasteiger partial charge >= 0.3 is 5.97 Å². The minimum Gasteiger partial charge on any atom is -0.481 e. The van der Waals surface area contributed by atoms with Crippen LogP contribution in [0.2, 0.25) is 0 Å². The van der Waals surface area contributed by atoms with Crippen LogP contribution in [0.1, 0.15) is 46.5 Å². The molecule has 0 saturated carbocycles. The Morgan fingerprint density at radius 3 is 2.20 bits per heavy atom. The van der Waals surface area contributed by atoms with Crippen molar-refractivity contribution in [2.24, 2.45) is 0 Å². The summed E-state index contributed by atoms with van der Waals surface area (Å²) in [6, 6.07) is 0. The van der Waals surface area contributed by atoms with Crippen molar-refractivity contribution in [1.29, 1.82) is 0 Å². The van der Waals surface area contributed by atoms with E-state index in [1.54, 1.807) is 0 Å². The third kappa shape index (κ3) is 10.1. The molecule has 0 aromatic carbocycles. The molecule has 0 rings (SSSR count). The minimum absolute atomic E-state index is 0.259. The maximum Gasteiger partial charge on any atom is 0.303 e. The molecule has 20 heavy (non-hydrogen) atoms. The third-order valence-corrected chi connectivity index (χ3v) is 2.62. The normalized spacial score (nSPS) is 10.8. The lowest BCUT2D eigenvalue weighted by Crippen LogP contribution is -2.31. The second kappa shape index (κ2) is 9.95. The molecule has 0 bridgehead atoms. The van der Waals surface area contributed by atoms with Gasteiger partial charge in [-0.25, -0.2) is 0 Å². The third-order valence-electron chi connectivity index (χ3n) is 2.62. The van der Waals surface area contributed by atoms with E-state index in [-0.39, 0.29) is 19.4 Å². The van der Waals surface area contributed by atoms with Crippen LogP contribution < -0.4 is 5.32 Å². The molecule has 0 aromatic rings. The van der Waals surface area contributed by atoms with Crippen molar-refractivity contribution in [3.63, 3.8) is 0 Å². The average molecular weight is 281 g/mol. The highest BCUT2D eigenvalue weighted by Gasteiger charge is 2.13. The molecule has 2 N–H and O–H groups in total. The zero-order valence-corrected chi connectivity index (χ0v) is 12.4. The largest absolute Gasteiger partial charge is 0.481 e. The predicted molar refractivity (Wildman–Crippen MR) is 77.3 cm³/mol. The first-order chi connectivity index (χ1) is 9.32. The Kier molecular flexibility index (Phi) is 9.00. The molecule has 0 heterocycles. The van der Waals surface area contributed by atoms with E-state index in [0.29, 0.717) is 0 Å². The summed E-state index contributed by atoms with van der Waals surface area (Å²) >= 11 is 0. The number of hydrogen-bond donors (Lipinski definition) is 2. The number of carbonyl (C=O) groups excluding carboxylic acids is 2. The van der Waals surface area contributed by atoms with E-state index < -0.39 is 17.7 Å². The minimum atomic E-state index is -1.08. The molecule has 0 spiro atoms. The fourth-order valence-corrected chi connectivity index (χ4v) is 1.44. The van der Waals surface area contributed by atoms with Crippen molar-refractivity contribution in [1.82, 2.24) is 5.32 Å². The number of hydrogen-bond acceptors (Lipinski definition) is 3. The maximum absolute atomic E-state index is 11.3. The van der Waals surface area contributed by atoms with Crippen molar-refractivity contribution in [2.75, 3.05) is 6.54 Å². The molecule has 5 nitrogen and oxygen atoms in total. The molecule has 0 aliphatic carbocycles. The Bertz CT molecular complexity index is 418. The molecule has 0 aliphatic rings. The zero-order valence-electron chi connectivity index (χ0n) is 12.4. The number of carbonyl (C=O) groups is 3. The molecular weight excluding hydrogens is 258 g/mol. The van der Waals surface area contributed by atoms with E-state index in [2.05, 4.69) is 11.4 Å². The van der Waals surface area contributed by atoms with Crippen LogP contribution in [0.15, 0.2) is 23.3 Å². The molecule has 112 valence electrons. The van der Waals surface area contributed by atoms with Gasteiger partial charge in [-0.05, 0) is 33.6 Å². The summed E-state index contributed by atoms with van der Waals surface area (Å²) in [6.07, 6.45) is 5.30. The Morgan fingerprint density at radius 2 is 1.65 bits per heavy atom. The number of ketones is 1. The van der Waals surface area contributed by atoms with Crippen molar-refractivity contribution in [3.8, 4) is 0 Å². The van der Waals surface area contributed by atoms with E-state index in [0.717, 1.165) is 18.4 Å². The van der Waals surface area contributed by atoms with Crippen LogP contribution in [-0.2, 0) is 14.4 Å². The fraction of sp³-hybridized carbons (Fsp3) is 0.533. The lowest BCUT2D eigenvalue weighted by atomic mass is 10.1. The standard InChI is InChI=1S/C15H23NO4/c1-11(2)5-4-6-12(3)9-10-16-15(20)13(17)7-8-14(18)19/h5,9H,4,6-8,10H2,1-3H3,(H,16,20)(H,18,19). The van der Waals surface area contributed by atoms with E-state index >= 15 is 0 Å². The van der Waals surface area contributed by atoms with Crippen LogP contribution >= 0.6 is 0 Å². The SMILES string of the molecule is CC(C)=CCCC(C)=CCNC(=O)C(=O)CCC(=O)O. The Hall–Kier alpha value is -1.91. The van der Waals surface area contributed by atoms with Gasteiger partial charge in [0, 0.05) is 13.0 Å². The highest BCUT2D eigenvalue weighted by Crippen LogP contribution is 2.05. The maximum atomic E-state index is 11.3. The van der Waals surface area contributed by atoms with Crippen LogP contribution in [0, 0.1) is 0 Å². The van der Waals surface area contributed by atoms with Gasteiger partial charge in [0.15, 0.2) is 0 Å². The van der Waals surface area contributed by atoms with Gasteiger partial charge in [0.05, 0.1) is 6.42 Å². The number of carboxylic acids is 1. The van der Waals surface area contributed by atoms with Crippen molar-refractivity contribution in [3.05, 3.63) is 23.3 Å². The summed E-state index contributed by atoms with van der Waals surface area (Å²) in [4.78, 5) is 32.9. The summed E-state index contributed by atoms with van der Waals surface area (Å²) in [5.74, 6) is -2.50. The first kappa shape index (κ1) is 18.1. The van der Waals surface area contributed by atoms with Crippen LogP contribution in [0.5, 0.6) is 0 Å². The van der Waals surface area contributed by atoms with E-state index in [1.165, 1.54) is 5.57 Å². The summed E-state index contributed by atoms with van der Waals surface area (Å²) in [5.41, 5.74) is 2.41. The molecule has 0 unspecified atom stereocenters. The average Bonchev–Trinajstić information content (AvgIpc) is 2.35. The lowest BCUT2D eigenvalue weighted by Gasteiger charge is -2.02. The number of aliphatic carboxylic acids is 1. The van der Waals surface area contributed by atoms with Crippen molar-refractivity contribution >= 4 is 17.7 Å². The molecule has 0 aromatic heterocycles. The topological polar surface area (TPSA) is 83.5 Å². The van der Waals surface area contributed by atoms with Crippen LogP contribution in [0.3, 0.4) is 0 Å². The van der Waals surface area contributed by atoms with E-state index in [4.69, 9.17) is 5.11 Å². The molecular formula is C15H23NO4. The van der Waals surface area contributed by atoms with Gasteiger partial charge in [-0.1, -0.05) is 23.3 Å². The molecule has 0 saturated heterocycles. The first-order valence-corrected chi connectivity index (χ1v) is 6.64. The van der Waals surface area contributed by atoms with E-state index in [1.807, 2.05) is 26.8 Å². The van der Waals surface area contributed by atoms with Gasteiger partial charge in [0.2, 0.25) is 5.78 Å².